The topological polar surface area (TPSA) is 120 Å². The van der Waals surface area contributed by atoms with Gasteiger partial charge < -0.3 is 19.5 Å². The third-order valence-corrected chi connectivity index (χ3v) is 7.86. The van der Waals surface area contributed by atoms with Crippen molar-refractivity contribution in [3.05, 3.63) is 80.7 Å². The molecular weight excluding hydrogens is 539 g/mol. The highest BCUT2D eigenvalue weighted by Crippen LogP contribution is 2.32. The van der Waals surface area contributed by atoms with Crippen molar-refractivity contribution in [3.8, 4) is 0 Å². The first-order valence-electron chi connectivity index (χ1n) is 12.6. The second kappa shape index (κ2) is 11.0. The highest BCUT2D eigenvalue weighted by atomic mass is 32.2. The minimum Gasteiger partial charge on any atom is -0.477 e. The molecule has 12 heteroatoms. The minimum absolute atomic E-state index is 0.0182. The Labute approximate surface area is 232 Å². The number of anilines is 1. The molecule has 40 heavy (non-hydrogen) atoms. The molecule has 1 aromatic heterocycles. The summed E-state index contributed by atoms with van der Waals surface area (Å²) in [7, 11) is 0. The van der Waals surface area contributed by atoms with E-state index in [0.29, 0.717) is 12.1 Å². The number of aromatic carboxylic acids is 1. The number of nitrogens with zero attached hydrogens (tertiary/aromatic N) is 4. The smallest absolute Gasteiger partial charge is 0.341 e. The number of rotatable bonds is 6. The van der Waals surface area contributed by atoms with E-state index in [9.17, 15) is 29.1 Å². The second-order valence-electron chi connectivity index (χ2n) is 9.33. The van der Waals surface area contributed by atoms with Crippen LogP contribution in [0.15, 0.2) is 58.4 Å². The van der Waals surface area contributed by atoms with Gasteiger partial charge in [-0.15, -0.1) is 0 Å². The Kier molecular flexibility index (Phi) is 7.44. The van der Waals surface area contributed by atoms with Crippen LogP contribution in [0.1, 0.15) is 22.8 Å². The van der Waals surface area contributed by atoms with Crippen molar-refractivity contribution in [1.29, 1.82) is 0 Å². The fourth-order valence-corrected chi connectivity index (χ4v) is 5.66. The number of pyridine rings is 1. The van der Waals surface area contributed by atoms with Gasteiger partial charge in [-0.3, -0.25) is 24.1 Å². The van der Waals surface area contributed by atoms with Gasteiger partial charge in [-0.25, -0.2) is 9.18 Å². The van der Waals surface area contributed by atoms with Gasteiger partial charge in [-0.05, 0) is 42.5 Å². The summed E-state index contributed by atoms with van der Waals surface area (Å²) in [6.07, 6.45) is 2.87. The van der Waals surface area contributed by atoms with Crippen molar-refractivity contribution >= 4 is 57.5 Å². The number of benzene rings is 2. The van der Waals surface area contributed by atoms with Crippen molar-refractivity contribution in [2.24, 2.45) is 0 Å². The van der Waals surface area contributed by atoms with Crippen LogP contribution in [0.5, 0.6) is 0 Å². The summed E-state index contributed by atoms with van der Waals surface area (Å²) >= 11 is 0.793. The number of carboxylic acid groups (broad SMARTS) is 1. The number of aryl methyl sites for hydroxylation is 1. The lowest BCUT2D eigenvalue weighted by molar-refractivity contribution is -0.136. The van der Waals surface area contributed by atoms with Gasteiger partial charge in [0, 0.05) is 44.3 Å². The first kappa shape index (κ1) is 27.1. The largest absolute Gasteiger partial charge is 0.477 e. The van der Waals surface area contributed by atoms with Crippen molar-refractivity contribution in [3.63, 3.8) is 0 Å². The molecule has 0 unspecified atom stereocenters. The number of carbonyl (C=O) groups is 4. The third kappa shape index (κ3) is 5.09. The van der Waals surface area contributed by atoms with Crippen molar-refractivity contribution < 1.29 is 28.7 Å². The van der Waals surface area contributed by atoms with Gasteiger partial charge in [-0.2, -0.15) is 0 Å². The average Bonchev–Trinajstić information content (AvgIpc) is 3.20. The van der Waals surface area contributed by atoms with E-state index < -0.39 is 33.9 Å². The maximum atomic E-state index is 15.2. The van der Waals surface area contributed by atoms with Crippen LogP contribution < -0.4 is 10.3 Å². The SMILES string of the molecule is CCn1cc(C(=O)O)c(=O)c2cc(F)c(N3CCN(C(=O)CN4C(=O)S/C(=C\c5ccccc5)C4=O)CC3)cc21. The van der Waals surface area contributed by atoms with Crippen molar-refractivity contribution in [2.45, 2.75) is 13.5 Å². The van der Waals surface area contributed by atoms with Gasteiger partial charge >= 0.3 is 5.97 Å². The standard InChI is InChI=1S/C28H25FN4O6S/c1-2-30-15-19(27(37)38)25(35)18-13-20(29)22(14-21(18)30)31-8-10-32(11-9-31)24(34)16-33-26(36)23(40-28(33)39)12-17-6-4-3-5-7-17/h3-7,12-15H,2,8-11,16H2,1H3,(H,37,38)/b23-12-. The highest BCUT2D eigenvalue weighted by Gasteiger charge is 2.37. The lowest BCUT2D eigenvalue weighted by Gasteiger charge is -2.36. The van der Waals surface area contributed by atoms with Crippen molar-refractivity contribution in [1.82, 2.24) is 14.4 Å². The monoisotopic (exact) mass is 564 g/mol. The fourth-order valence-electron chi connectivity index (χ4n) is 4.82. The van der Waals surface area contributed by atoms with E-state index in [2.05, 4.69) is 0 Å². The van der Waals surface area contributed by atoms with Crippen LogP contribution in [0, 0.1) is 5.82 Å². The van der Waals surface area contributed by atoms with Crippen LogP contribution in [0.4, 0.5) is 14.9 Å². The molecule has 2 fully saturated rings. The lowest BCUT2D eigenvalue weighted by Crippen LogP contribution is -2.52. The van der Waals surface area contributed by atoms with Gasteiger partial charge in [0.2, 0.25) is 11.3 Å². The summed E-state index contributed by atoms with van der Waals surface area (Å²) in [5.41, 5.74) is 0.245. The molecule has 1 N–H and O–H groups in total. The molecule has 3 amide bonds. The molecule has 2 saturated heterocycles. The molecular formula is C28H25FN4O6S. The van der Waals surface area contributed by atoms with Crippen LogP contribution in [0.3, 0.4) is 0 Å². The molecule has 0 radical (unpaired) electrons. The van der Waals surface area contributed by atoms with Crippen LogP contribution in [-0.2, 0) is 16.1 Å². The van der Waals surface area contributed by atoms with E-state index in [4.69, 9.17) is 0 Å². The Morgan fingerprint density at radius 2 is 1.75 bits per heavy atom. The van der Waals surface area contributed by atoms with E-state index in [1.54, 1.807) is 22.5 Å². The van der Waals surface area contributed by atoms with Gasteiger partial charge in [0.05, 0.1) is 16.1 Å². The number of hydrogen-bond donors (Lipinski definition) is 1. The number of imide groups is 1. The number of fused-ring (bicyclic) bond motifs is 1. The molecule has 0 saturated carbocycles. The van der Waals surface area contributed by atoms with Crippen LogP contribution in [0.2, 0.25) is 0 Å². The normalized spacial score (nSPS) is 16.9. The molecule has 5 rings (SSSR count). The Hall–Kier alpha value is -4.45. The Morgan fingerprint density at radius 3 is 2.40 bits per heavy atom. The average molecular weight is 565 g/mol. The van der Waals surface area contributed by atoms with E-state index in [-0.39, 0.29) is 54.6 Å². The summed E-state index contributed by atoms with van der Waals surface area (Å²) in [6, 6.07) is 11.7. The fraction of sp³-hybridized carbons (Fsp3) is 0.250. The Morgan fingerprint density at radius 1 is 1.05 bits per heavy atom. The van der Waals surface area contributed by atoms with E-state index in [1.165, 1.54) is 17.2 Å². The molecule has 0 aliphatic carbocycles. The summed E-state index contributed by atoms with van der Waals surface area (Å²) in [4.78, 5) is 66.8. The minimum atomic E-state index is -1.38. The number of hydrogen-bond acceptors (Lipinski definition) is 7. The summed E-state index contributed by atoms with van der Waals surface area (Å²) in [5.74, 6) is -2.95. The number of amides is 3. The molecule has 2 aliphatic heterocycles. The first-order chi connectivity index (χ1) is 19.2. The van der Waals surface area contributed by atoms with Crippen LogP contribution in [-0.4, -0.2) is 75.2 Å². The quantitative estimate of drug-likeness (QED) is 0.453. The van der Waals surface area contributed by atoms with Gasteiger partial charge in [0.15, 0.2) is 0 Å². The number of carbonyl (C=O) groups excluding carboxylic acids is 3. The summed E-state index contributed by atoms with van der Waals surface area (Å²) < 4.78 is 16.7. The van der Waals surface area contributed by atoms with E-state index in [1.807, 2.05) is 30.3 Å². The zero-order chi connectivity index (χ0) is 28.6. The Bertz CT molecular complexity index is 1630. The Balaban J connectivity index is 1.28. The van der Waals surface area contributed by atoms with Crippen LogP contribution in [0.25, 0.3) is 17.0 Å². The van der Waals surface area contributed by atoms with Gasteiger partial charge in [-0.1, -0.05) is 30.3 Å². The number of thioether (sulfide) groups is 1. The molecule has 0 atom stereocenters. The lowest BCUT2D eigenvalue weighted by atomic mass is 10.1. The maximum absolute atomic E-state index is 15.2. The first-order valence-corrected chi connectivity index (χ1v) is 13.4. The second-order valence-corrected chi connectivity index (χ2v) is 10.3. The molecule has 0 spiro atoms. The molecule has 0 bridgehead atoms. The zero-order valence-electron chi connectivity index (χ0n) is 21.5. The predicted octanol–water partition coefficient (Wildman–Crippen LogP) is 3.24. The maximum Gasteiger partial charge on any atom is 0.341 e. The van der Waals surface area contributed by atoms with Crippen LogP contribution >= 0.6 is 11.8 Å². The molecule has 3 aromatic rings. The number of piperazine rings is 1. The number of aromatic nitrogens is 1. The zero-order valence-corrected chi connectivity index (χ0v) is 22.3. The number of halogens is 1. The van der Waals surface area contributed by atoms with Gasteiger partial charge in [0.25, 0.3) is 11.1 Å². The summed E-state index contributed by atoms with van der Waals surface area (Å²) in [5, 5.41) is 8.82. The molecule has 2 aromatic carbocycles. The van der Waals surface area contributed by atoms with Crippen molar-refractivity contribution in [2.75, 3.05) is 37.6 Å². The third-order valence-electron chi connectivity index (χ3n) is 6.96. The molecule has 10 nitrogen and oxygen atoms in total. The van der Waals surface area contributed by atoms with E-state index >= 15 is 4.39 Å². The molecule has 2 aliphatic rings. The van der Waals surface area contributed by atoms with E-state index in [0.717, 1.165) is 28.3 Å². The molecule has 3 heterocycles. The summed E-state index contributed by atoms with van der Waals surface area (Å²) in [6.45, 7) is 2.84. The molecule has 206 valence electrons. The number of carboxylic acids is 1. The predicted molar refractivity (Wildman–Crippen MR) is 149 cm³/mol. The van der Waals surface area contributed by atoms with Gasteiger partial charge in [0.1, 0.15) is 17.9 Å². The highest BCUT2D eigenvalue weighted by molar-refractivity contribution is 8.18.